The Kier molecular flexibility index (Phi) is 7.16. The first kappa shape index (κ1) is 23.6. The van der Waals surface area contributed by atoms with E-state index in [-0.39, 0.29) is 18.9 Å². The van der Waals surface area contributed by atoms with Gasteiger partial charge in [0.15, 0.2) is 6.79 Å². The van der Waals surface area contributed by atoms with E-state index < -0.39 is 0 Å². The molecule has 0 amide bonds. The number of carbonyl (C=O) groups is 1. The zero-order valence-electron chi connectivity index (χ0n) is 20.4. The Bertz CT molecular complexity index is 1230. The first-order chi connectivity index (χ1) is 17.1. The molecule has 1 aromatic heterocycles. The van der Waals surface area contributed by atoms with E-state index in [2.05, 4.69) is 22.8 Å². The van der Waals surface area contributed by atoms with E-state index in [1.54, 1.807) is 13.2 Å². The molecule has 2 atom stereocenters. The van der Waals surface area contributed by atoms with Gasteiger partial charge < -0.3 is 23.5 Å². The van der Waals surface area contributed by atoms with Crippen LogP contribution in [0.4, 0.5) is 0 Å². The molecule has 5 rings (SSSR count). The van der Waals surface area contributed by atoms with Crippen molar-refractivity contribution in [3.8, 4) is 5.75 Å². The van der Waals surface area contributed by atoms with Crippen molar-refractivity contribution in [1.29, 1.82) is 0 Å². The number of hydrogen-bond donors (Lipinski definition) is 0. The highest BCUT2D eigenvalue weighted by Crippen LogP contribution is 2.34. The number of rotatable bonds is 9. The van der Waals surface area contributed by atoms with E-state index in [0.717, 1.165) is 67.9 Å². The topological polar surface area (TPSA) is 71.8 Å². The number of allylic oxidation sites excluding steroid dienone is 2. The number of ether oxygens (including phenoxy) is 4. The highest BCUT2D eigenvalue weighted by Gasteiger charge is 2.25. The van der Waals surface area contributed by atoms with Gasteiger partial charge in [0.1, 0.15) is 11.6 Å². The molecule has 1 saturated heterocycles. The number of fused-ring (bicyclic) bond motifs is 1. The average molecular weight is 477 g/mol. The van der Waals surface area contributed by atoms with E-state index in [1.807, 2.05) is 24.3 Å². The van der Waals surface area contributed by atoms with Gasteiger partial charge in [-0.15, -0.1) is 0 Å². The maximum atomic E-state index is 12.1. The minimum absolute atomic E-state index is 0.207. The van der Waals surface area contributed by atoms with Crippen molar-refractivity contribution in [1.82, 2.24) is 9.55 Å². The summed E-state index contributed by atoms with van der Waals surface area (Å²) in [6, 6.07) is 13.8. The quantitative estimate of drug-likeness (QED) is 0.319. The molecular weight excluding hydrogens is 444 g/mol. The maximum Gasteiger partial charge on any atom is 0.337 e. The van der Waals surface area contributed by atoms with Crippen LogP contribution in [0.1, 0.15) is 47.4 Å². The number of nitrogens with zero attached hydrogens (tertiary/aromatic N) is 2. The van der Waals surface area contributed by atoms with Crippen molar-refractivity contribution < 1.29 is 23.7 Å². The molecule has 0 saturated carbocycles. The number of imidazole rings is 1. The van der Waals surface area contributed by atoms with Gasteiger partial charge in [-0.05, 0) is 73.1 Å². The Morgan fingerprint density at radius 3 is 2.77 bits per heavy atom. The van der Waals surface area contributed by atoms with Crippen molar-refractivity contribution in [2.24, 2.45) is 5.92 Å². The van der Waals surface area contributed by atoms with Gasteiger partial charge in [0.05, 0.1) is 36.4 Å². The number of methoxy groups -OCH3 is 2. The molecule has 0 spiro atoms. The fraction of sp³-hybridized carbons (Fsp3) is 0.429. The van der Waals surface area contributed by atoms with Gasteiger partial charge in [0.25, 0.3) is 0 Å². The molecule has 0 radical (unpaired) electrons. The first-order valence-electron chi connectivity index (χ1n) is 12.2. The van der Waals surface area contributed by atoms with Gasteiger partial charge in [-0.3, -0.25) is 0 Å². The molecule has 2 unspecified atom stereocenters. The van der Waals surface area contributed by atoms with Gasteiger partial charge in [-0.2, -0.15) is 0 Å². The van der Waals surface area contributed by atoms with Crippen LogP contribution < -0.4 is 4.74 Å². The third-order valence-corrected chi connectivity index (χ3v) is 6.97. The van der Waals surface area contributed by atoms with E-state index in [9.17, 15) is 4.79 Å². The number of aromatic nitrogens is 2. The van der Waals surface area contributed by atoms with Crippen LogP contribution in [-0.4, -0.2) is 49.2 Å². The summed E-state index contributed by atoms with van der Waals surface area (Å²) < 4.78 is 23.5. The lowest BCUT2D eigenvalue weighted by Gasteiger charge is -2.28. The second-order valence-electron chi connectivity index (χ2n) is 9.27. The third kappa shape index (κ3) is 5.26. The van der Waals surface area contributed by atoms with Crippen LogP contribution in [0.15, 0.2) is 48.5 Å². The largest absolute Gasteiger partial charge is 0.468 e. The van der Waals surface area contributed by atoms with Gasteiger partial charge in [0, 0.05) is 20.1 Å². The normalized spacial score (nSPS) is 19.8. The molecule has 1 aliphatic carbocycles. The van der Waals surface area contributed by atoms with Crippen LogP contribution in [0, 0.1) is 5.92 Å². The van der Waals surface area contributed by atoms with Gasteiger partial charge in [-0.25, -0.2) is 9.78 Å². The van der Waals surface area contributed by atoms with Crippen LogP contribution >= 0.6 is 0 Å². The lowest BCUT2D eigenvalue weighted by Crippen LogP contribution is -2.32. The molecule has 2 heterocycles. The van der Waals surface area contributed by atoms with Crippen LogP contribution in [0.3, 0.4) is 0 Å². The lowest BCUT2D eigenvalue weighted by atomic mass is 9.84. The lowest BCUT2D eigenvalue weighted by molar-refractivity contribution is -0.0590. The molecular formula is C28H32N2O5. The predicted molar refractivity (Wildman–Crippen MR) is 133 cm³/mol. The molecule has 0 N–H and O–H groups in total. The minimum Gasteiger partial charge on any atom is -0.468 e. The zero-order chi connectivity index (χ0) is 24.2. The number of esters is 1. The number of benzene rings is 2. The van der Waals surface area contributed by atoms with Crippen LogP contribution in [0.25, 0.3) is 16.6 Å². The minimum atomic E-state index is -0.331. The van der Waals surface area contributed by atoms with Crippen LogP contribution in [0.5, 0.6) is 5.75 Å². The molecule has 0 bridgehead atoms. The second-order valence-corrected chi connectivity index (χ2v) is 9.27. The average Bonchev–Trinajstić information content (AvgIpc) is 3.20. The fourth-order valence-electron chi connectivity index (χ4n) is 4.92. The summed E-state index contributed by atoms with van der Waals surface area (Å²) in [4.78, 5) is 17.1. The smallest absolute Gasteiger partial charge is 0.337 e. The molecule has 1 fully saturated rings. The molecule has 7 heteroatoms. The van der Waals surface area contributed by atoms with E-state index in [1.165, 1.54) is 18.2 Å². The summed E-state index contributed by atoms with van der Waals surface area (Å²) in [5.41, 5.74) is 5.00. The van der Waals surface area contributed by atoms with E-state index >= 15 is 0 Å². The van der Waals surface area contributed by atoms with Crippen LogP contribution in [0.2, 0.25) is 0 Å². The van der Waals surface area contributed by atoms with Gasteiger partial charge >= 0.3 is 5.97 Å². The summed E-state index contributed by atoms with van der Waals surface area (Å²) in [6.45, 7) is 1.82. The molecule has 184 valence electrons. The third-order valence-electron chi connectivity index (χ3n) is 6.97. The number of hydrogen-bond acceptors (Lipinski definition) is 6. The Morgan fingerprint density at radius 1 is 1.17 bits per heavy atom. The highest BCUT2D eigenvalue weighted by molar-refractivity contribution is 5.93. The molecule has 2 aromatic carbocycles. The van der Waals surface area contributed by atoms with E-state index in [0.29, 0.717) is 11.5 Å². The maximum absolute atomic E-state index is 12.1. The molecule has 3 aromatic rings. The second kappa shape index (κ2) is 10.6. The molecule has 7 nitrogen and oxygen atoms in total. The van der Waals surface area contributed by atoms with Crippen molar-refractivity contribution in [3.63, 3.8) is 0 Å². The Hall–Kier alpha value is -3.16. The summed E-state index contributed by atoms with van der Waals surface area (Å²) >= 11 is 0. The summed E-state index contributed by atoms with van der Waals surface area (Å²) in [7, 11) is 3.03. The Morgan fingerprint density at radius 2 is 2.06 bits per heavy atom. The van der Waals surface area contributed by atoms with Crippen molar-refractivity contribution >= 4 is 22.6 Å². The Balaban J connectivity index is 1.34. The zero-order valence-corrected chi connectivity index (χ0v) is 20.4. The molecule has 1 aliphatic heterocycles. The van der Waals surface area contributed by atoms with Gasteiger partial charge in [-0.1, -0.05) is 18.2 Å². The van der Waals surface area contributed by atoms with Gasteiger partial charge in [0.2, 0.25) is 0 Å². The van der Waals surface area contributed by atoms with Crippen molar-refractivity contribution in [3.05, 3.63) is 65.5 Å². The Labute approximate surface area is 205 Å². The van der Waals surface area contributed by atoms with Crippen LogP contribution in [-0.2, 0) is 27.2 Å². The summed E-state index contributed by atoms with van der Waals surface area (Å²) in [5.74, 6) is 2.08. The fourth-order valence-corrected chi connectivity index (χ4v) is 4.92. The standard InChI is InChI=1S/C28H32N2O5/c1-32-18-35-23-5-3-4-21(15-23)20-8-6-19(7-9-20)14-27-29-25-11-10-22(28(31)33-2)16-26(25)30(27)17-24-12-13-34-24/h3-5,8,10-11,15-16,19,24H,6-7,9,12-14,17-18H2,1-2H3. The SMILES string of the molecule is COCOc1cccc(C2=CCC(Cc3nc4ccc(C(=O)OC)cc4n3CC3CCO3)CC2)c1. The highest BCUT2D eigenvalue weighted by atomic mass is 16.7. The monoisotopic (exact) mass is 476 g/mol. The number of carbonyl (C=O) groups excluding carboxylic acids is 1. The van der Waals surface area contributed by atoms with Crippen molar-refractivity contribution in [2.75, 3.05) is 27.6 Å². The van der Waals surface area contributed by atoms with E-state index in [4.69, 9.17) is 23.9 Å². The summed E-state index contributed by atoms with van der Waals surface area (Å²) in [6.07, 6.45) is 7.66. The first-order valence-corrected chi connectivity index (χ1v) is 12.2. The molecule has 35 heavy (non-hydrogen) atoms. The summed E-state index contributed by atoms with van der Waals surface area (Å²) in [5, 5.41) is 0. The molecule has 2 aliphatic rings. The predicted octanol–water partition coefficient (Wildman–Crippen LogP) is 5.02. The van der Waals surface area contributed by atoms with Crippen molar-refractivity contribution in [2.45, 2.75) is 44.8 Å².